The zero-order valence-electron chi connectivity index (χ0n) is 13.6. The summed E-state index contributed by atoms with van der Waals surface area (Å²) >= 11 is 1.74. The molecule has 3 aromatic rings. The van der Waals surface area contributed by atoms with Crippen LogP contribution in [0.4, 0.5) is 5.69 Å². The molecular weight excluding hydrogens is 354 g/mol. The predicted molar refractivity (Wildman–Crippen MR) is 100 cm³/mol. The maximum atomic E-state index is 12.6. The number of fused-ring (bicyclic) bond motifs is 1. The second-order valence-electron chi connectivity index (χ2n) is 5.95. The standard InChI is InChI=1S/C18H17N3O2S2/c1-13-4-2-7-16(10-13)25(22,23)20-15-6-3-5-14(11-15)17-12-21-8-9-24-18(21)19-17/h2-7,10-12,20H,8-9H2,1H3. The molecule has 0 saturated heterocycles. The van der Waals surface area contributed by atoms with Gasteiger partial charge in [-0.1, -0.05) is 36.0 Å². The van der Waals surface area contributed by atoms with Crippen LogP contribution in [0, 0.1) is 6.92 Å². The van der Waals surface area contributed by atoms with Gasteiger partial charge in [-0.3, -0.25) is 4.72 Å². The van der Waals surface area contributed by atoms with Gasteiger partial charge in [-0.2, -0.15) is 0 Å². The van der Waals surface area contributed by atoms with E-state index in [-0.39, 0.29) is 4.90 Å². The highest BCUT2D eigenvalue weighted by Gasteiger charge is 2.17. The Morgan fingerprint density at radius 2 is 2.00 bits per heavy atom. The second kappa shape index (κ2) is 6.24. The van der Waals surface area contributed by atoms with Crippen LogP contribution < -0.4 is 4.72 Å². The number of nitrogens with one attached hydrogen (secondary N) is 1. The maximum absolute atomic E-state index is 12.6. The molecule has 1 aromatic heterocycles. The highest BCUT2D eigenvalue weighted by Crippen LogP contribution is 2.30. The van der Waals surface area contributed by atoms with E-state index in [1.165, 1.54) is 0 Å². The van der Waals surface area contributed by atoms with E-state index in [1.54, 1.807) is 36.0 Å². The smallest absolute Gasteiger partial charge is 0.261 e. The first-order valence-electron chi connectivity index (χ1n) is 7.91. The molecule has 0 radical (unpaired) electrons. The van der Waals surface area contributed by atoms with Gasteiger partial charge < -0.3 is 4.57 Å². The number of hydrogen-bond donors (Lipinski definition) is 1. The molecule has 2 heterocycles. The fourth-order valence-corrected chi connectivity index (χ4v) is 4.88. The Hall–Kier alpha value is -2.25. The van der Waals surface area contributed by atoms with Gasteiger partial charge in [0.1, 0.15) is 0 Å². The van der Waals surface area contributed by atoms with E-state index in [0.29, 0.717) is 5.69 Å². The van der Waals surface area contributed by atoms with Crippen molar-refractivity contribution < 1.29 is 8.42 Å². The van der Waals surface area contributed by atoms with E-state index < -0.39 is 10.0 Å². The number of rotatable bonds is 4. The Kier molecular flexibility index (Phi) is 4.05. The van der Waals surface area contributed by atoms with E-state index in [2.05, 4.69) is 14.3 Å². The molecule has 1 aliphatic heterocycles. The number of anilines is 1. The number of nitrogens with zero attached hydrogens (tertiary/aromatic N) is 2. The van der Waals surface area contributed by atoms with E-state index >= 15 is 0 Å². The van der Waals surface area contributed by atoms with Crippen molar-refractivity contribution in [1.82, 2.24) is 9.55 Å². The zero-order chi connectivity index (χ0) is 17.4. The van der Waals surface area contributed by atoms with Crippen molar-refractivity contribution >= 4 is 27.5 Å². The average molecular weight is 371 g/mol. The van der Waals surface area contributed by atoms with Gasteiger partial charge in [-0.15, -0.1) is 0 Å². The number of imidazole rings is 1. The van der Waals surface area contributed by atoms with Gasteiger partial charge >= 0.3 is 0 Å². The van der Waals surface area contributed by atoms with Crippen LogP contribution in [-0.2, 0) is 16.6 Å². The molecule has 25 heavy (non-hydrogen) atoms. The first-order chi connectivity index (χ1) is 12.0. The van der Waals surface area contributed by atoms with Crippen LogP contribution >= 0.6 is 11.8 Å². The first-order valence-corrected chi connectivity index (χ1v) is 10.4. The molecule has 0 atom stereocenters. The van der Waals surface area contributed by atoms with Crippen molar-refractivity contribution in [2.24, 2.45) is 0 Å². The van der Waals surface area contributed by atoms with Gasteiger partial charge in [-0.25, -0.2) is 13.4 Å². The maximum Gasteiger partial charge on any atom is 0.261 e. The Bertz CT molecular complexity index is 1020. The van der Waals surface area contributed by atoms with Crippen molar-refractivity contribution in [3.8, 4) is 11.3 Å². The van der Waals surface area contributed by atoms with Crippen LogP contribution in [0.5, 0.6) is 0 Å². The number of aryl methyl sites for hydroxylation is 2. The van der Waals surface area contributed by atoms with Crippen LogP contribution in [0.3, 0.4) is 0 Å². The molecule has 1 aliphatic rings. The van der Waals surface area contributed by atoms with Crippen molar-refractivity contribution in [3.05, 3.63) is 60.3 Å². The molecule has 1 N–H and O–H groups in total. The third kappa shape index (κ3) is 3.29. The Balaban J connectivity index is 1.63. The monoisotopic (exact) mass is 371 g/mol. The van der Waals surface area contributed by atoms with E-state index in [4.69, 9.17) is 0 Å². The van der Waals surface area contributed by atoms with Gasteiger partial charge in [-0.05, 0) is 36.8 Å². The van der Waals surface area contributed by atoms with Crippen LogP contribution in [-0.4, -0.2) is 23.7 Å². The fourth-order valence-electron chi connectivity index (χ4n) is 2.79. The molecule has 0 unspecified atom stereocenters. The van der Waals surface area contributed by atoms with Crippen molar-refractivity contribution in [1.29, 1.82) is 0 Å². The summed E-state index contributed by atoms with van der Waals surface area (Å²) in [6, 6.07) is 14.2. The molecule has 0 spiro atoms. The minimum absolute atomic E-state index is 0.260. The van der Waals surface area contributed by atoms with Crippen LogP contribution in [0.25, 0.3) is 11.3 Å². The summed E-state index contributed by atoms with van der Waals surface area (Å²) < 4.78 is 29.9. The normalized spacial score (nSPS) is 13.6. The summed E-state index contributed by atoms with van der Waals surface area (Å²) in [5, 5.41) is 1.01. The fraction of sp³-hybridized carbons (Fsp3) is 0.167. The second-order valence-corrected chi connectivity index (χ2v) is 8.70. The predicted octanol–water partition coefficient (Wildman–Crippen LogP) is 3.77. The lowest BCUT2D eigenvalue weighted by Crippen LogP contribution is -2.13. The largest absolute Gasteiger partial charge is 0.325 e. The third-order valence-corrected chi connectivity index (χ3v) is 6.36. The SMILES string of the molecule is Cc1cccc(S(=O)(=O)Nc2cccc(-c3cn4c(n3)SCC4)c2)c1. The van der Waals surface area contributed by atoms with Crippen LogP contribution in [0.15, 0.2) is 64.8 Å². The van der Waals surface area contributed by atoms with Crippen LogP contribution in [0.2, 0.25) is 0 Å². The topological polar surface area (TPSA) is 64.0 Å². The summed E-state index contributed by atoms with van der Waals surface area (Å²) in [7, 11) is -3.61. The number of sulfonamides is 1. The zero-order valence-corrected chi connectivity index (χ0v) is 15.3. The summed E-state index contributed by atoms with van der Waals surface area (Å²) in [6.45, 7) is 2.84. The minimum Gasteiger partial charge on any atom is -0.325 e. The number of thioether (sulfide) groups is 1. The van der Waals surface area contributed by atoms with Gasteiger partial charge in [0.15, 0.2) is 5.16 Å². The summed E-state index contributed by atoms with van der Waals surface area (Å²) in [5.41, 5.74) is 3.19. The Labute approximate surface area is 151 Å². The van der Waals surface area contributed by atoms with Crippen molar-refractivity contribution in [2.75, 3.05) is 10.5 Å². The lowest BCUT2D eigenvalue weighted by molar-refractivity contribution is 0.601. The molecule has 7 heteroatoms. The molecule has 0 bridgehead atoms. The van der Waals surface area contributed by atoms with Gasteiger partial charge in [0, 0.05) is 29.7 Å². The Morgan fingerprint density at radius 1 is 1.16 bits per heavy atom. The third-order valence-electron chi connectivity index (χ3n) is 4.01. The quantitative estimate of drug-likeness (QED) is 0.758. The lowest BCUT2D eigenvalue weighted by atomic mass is 10.1. The highest BCUT2D eigenvalue weighted by molar-refractivity contribution is 7.99. The lowest BCUT2D eigenvalue weighted by Gasteiger charge is -2.09. The van der Waals surface area contributed by atoms with Gasteiger partial charge in [0.25, 0.3) is 10.0 Å². The molecule has 0 aliphatic carbocycles. The van der Waals surface area contributed by atoms with E-state index in [1.807, 2.05) is 37.4 Å². The molecule has 0 fully saturated rings. The summed E-state index contributed by atoms with van der Waals surface area (Å²) in [6.07, 6.45) is 2.02. The molecule has 2 aromatic carbocycles. The van der Waals surface area contributed by atoms with E-state index in [9.17, 15) is 8.42 Å². The highest BCUT2D eigenvalue weighted by atomic mass is 32.2. The molecule has 5 nitrogen and oxygen atoms in total. The molecule has 128 valence electrons. The summed E-state index contributed by atoms with van der Waals surface area (Å²) in [5.74, 6) is 1.05. The molecular formula is C18H17N3O2S2. The minimum atomic E-state index is -3.61. The Morgan fingerprint density at radius 3 is 2.80 bits per heavy atom. The van der Waals surface area contributed by atoms with Crippen molar-refractivity contribution in [2.45, 2.75) is 23.5 Å². The van der Waals surface area contributed by atoms with Gasteiger partial charge in [0.05, 0.1) is 10.6 Å². The van der Waals surface area contributed by atoms with Gasteiger partial charge in [0.2, 0.25) is 0 Å². The molecule has 0 amide bonds. The van der Waals surface area contributed by atoms with E-state index in [0.717, 1.165) is 34.3 Å². The molecule has 0 saturated carbocycles. The number of aromatic nitrogens is 2. The summed E-state index contributed by atoms with van der Waals surface area (Å²) in [4.78, 5) is 4.88. The van der Waals surface area contributed by atoms with Crippen LogP contribution in [0.1, 0.15) is 5.56 Å². The number of benzene rings is 2. The first kappa shape index (κ1) is 16.2. The average Bonchev–Trinajstić information content (AvgIpc) is 3.16. The number of hydrogen-bond acceptors (Lipinski definition) is 4. The molecule has 4 rings (SSSR count). The van der Waals surface area contributed by atoms with Crippen molar-refractivity contribution in [3.63, 3.8) is 0 Å².